The van der Waals surface area contributed by atoms with Crippen molar-refractivity contribution in [3.8, 4) is 0 Å². The Balaban J connectivity index is 1.89. The molecule has 4 aliphatic rings. The lowest BCUT2D eigenvalue weighted by atomic mass is 9.58. The summed E-state index contributed by atoms with van der Waals surface area (Å²) in [6.07, 6.45) is 2.70. The van der Waals surface area contributed by atoms with Gasteiger partial charge in [0.1, 0.15) is 0 Å². The molecule has 3 saturated carbocycles. The van der Waals surface area contributed by atoms with Crippen molar-refractivity contribution in [1.82, 2.24) is 0 Å². The number of ether oxygens (including phenoxy) is 3. The summed E-state index contributed by atoms with van der Waals surface area (Å²) in [6.45, 7) is 0. The SMILES string of the molecule is CO[C@@H]1O[C@@H](OC)[C@H]2[C@@H]3CC[C@H](C[C@@H]3O)[C@H]12. The van der Waals surface area contributed by atoms with Crippen LogP contribution in [-0.2, 0) is 14.2 Å². The van der Waals surface area contributed by atoms with E-state index >= 15 is 0 Å². The van der Waals surface area contributed by atoms with Crippen LogP contribution < -0.4 is 0 Å². The first-order valence-corrected chi connectivity index (χ1v) is 6.15. The zero-order valence-electron chi connectivity index (χ0n) is 9.83. The molecular weight excluding hydrogens is 208 g/mol. The number of rotatable bonds is 2. The molecule has 16 heavy (non-hydrogen) atoms. The van der Waals surface area contributed by atoms with Gasteiger partial charge in [-0.2, -0.15) is 0 Å². The van der Waals surface area contributed by atoms with Crippen molar-refractivity contribution in [2.75, 3.05) is 14.2 Å². The van der Waals surface area contributed by atoms with E-state index in [9.17, 15) is 5.11 Å². The largest absolute Gasteiger partial charge is 0.393 e. The maximum Gasteiger partial charge on any atom is 0.163 e. The monoisotopic (exact) mass is 228 g/mol. The molecule has 2 bridgehead atoms. The van der Waals surface area contributed by atoms with Crippen LogP contribution in [0, 0.1) is 23.7 Å². The lowest BCUT2D eigenvalue weighted by molar-refractivity contribution is -0.199. The summed E-state index contributed by atoms with van der Waals surface area (Å²) < 4.78 is 16.6. The fourth-order valence-corrected chi connectivity index (χ4v) is 4.13. The van der Waals surface area contributed by atoms with E-state index in [0.29, 0.717) is 23.7 Å². The van der Waals surface area contributed by atoms with E-state index < -0.39 is 0 Å². The highest BCUT2D eigenvalue weighted by Gasteiger charge is 2.58. The van der Waals surface area contributed by atoms with Gasteiger partial charge in [-0.3, -0.25) is 0 Å². The van der Waals surface area contributed by atoms with Crippen molar-refractivity contribution in [1.29, 1.82) is 0 Å². The Hall–Kier alpha value is -0.160. The van der Waals surface area contributed by atoms with E-state index in [0.717, 1.165) is 12.8 Å². The van der Waals surface area contributed by atoms with Gasteiger partial charge in [0.2, 0.25) is 0 Å². The second kappa shape index (κ2) is 3.95. The molecule has 4 nitrogen and oxygen atoms in total. The summed E-state index contributed by atoms with van der Waals surface area (Å²) in [5.41, 5.74) is 0. The predicted molar refractivity (Wildman–Crippen MR) is 56.5 cm³/mol. The van der Waals surface area contributed by atoms with Gasteiger partial charge < -0.3 is 19.3 Å². The van der Waals surface area contributed by atoms with Crippen LogP contribution in [0.2, 0.25) is 0 Å². The number of hydrogen-bond donors (Lipinski definition) is 1. The highest BCUT2D eigenvalue weighted by Crippen LogP contribution is 2.55. The molecule has 4 fully saturated rings. The summed E-state index contributed by atoms with van der Waals surface area (Å²) in [5, 5.41) is 10.1. The topological polar surface area (TPSA) is 47.9 Å². The molecule has 0 aromatic rings. The Labute approximate surface area is 95.9 Å². The van der Waals surface area contributed by atoms with Crippen LogP contribution in [0.25, 0.3) is 0 Å². The molecule has 1 heterocycles. The molecule has 0 aromatic carbocycles. The van der Waals surface area contributed by atoms with Crippen LogP contribution in [-0.4, -0.2) is 38.0 Å². The van der Waals surface area contributed by atoms with Gasteiger partial charge in [0.25, 0.3) is 0 Å². The zero-order valence-corrected chi connectivity index (χ0v) is 9.83. The van der Waals surface area contributed by atoms with Crippen molar-refractivity contribution in [3.63, 3.8) is 0 Å². The molecular formula is C12H20O4. The lowest BCUT2D eigenvalue weighted by Crippen LogP contribution is -2.50. The predicted octanol–water partition coefficient (Wildman–Crippen LogP) is 0.985. The fraction of sp³-hybridized carbons (Fsp3) is 1.00. The van der Waals surface area contributed by atoms with Crippen LogP contribution in [0.5, 0.6) is 0 Å². The molecule has 0 amide bonds. The van der Waals surface area contributed by atoms with Crippen molar-refractivity contribution < 1.29 is 19.3 Å². The van der Waals surface area contributed by atoms with Crippen LogP contribution in [0.1, 0.15) is 19.3 Å². The zero-order chi connectivity index (χ0) is 11.3. The van der Waals surface area contributed by atoms with Gasteiger partial charge in [0, 0.05) is 26.1 Å². The number of aliphatic hydroxyl groups excluding tert-OH is 1. The second-order valence-electron chi connectivity index (χ2n) is 5.30. The summed E-state index contributed by atoms with van der Waals surface area (Å²) in [7, 11) is 3.37. The molecule has 1 saturated heterocycles. The lowest BCUT2D eigenvalue weighted by Gasteiger charge is -2.49. The first-order chi connectivity index (χ1) is 7.76. The summed E-state index contributed by atoms with van der Waals surface area (Å²) in [5.74, 6) is 1.60. The number of aliphatic hydroxyl groups is 1. The van der Waals surface area contributed by atoms with Gasteiger partial charge in [-0.1, -0.05) is 0 Å². The van der Waals surface area contributed by atoms with Crippen LogP contribution >= 0.6 is 0 Å². The normalized spacial score (nSPS) is 55.3. The molecule has 0 aromatic heterocycles. The van der Waals surface area contributed by atoms with E-state index in [-0.39, 0.29) is 18.7 Å². The quantitative estimate of drug-likeness (QED) is 0.765. The molecule has 7 atom stereocenters. The third-order valence-corrected chi connectivity index (χ3v) is 4.75. The smallest absolute Gasteiger partial charge is 0.163 e. The molecule has 0 unspecified atom stereocenters. The van der Waals surface area contributed by atoms with E-state index in [1.807, 2.05) is 0 Å². The molecule has 92 valence electrons. The van der Waals surface area contributed by atoms with Gasteiger partial charge >= 0.3 is 0 Å². The van der Waals surface area contributed by atoms with E-state index in [4.69, 9.17) is 14.2 Å². The van der Waals surface area contributed by atoms with Gasteiger partial charge in [-0.05, 0) is 31.1 Å². The van der Waals surface area contributed by atoms with Gasteiger partial charge in [0.15, 0.2) is 12.6 Å². The highest BCUT2D eigenvalue weighted by molar-refractivity contribution is 5.02. The molecule has 1 N–H and O–H groups in total. The first kappa shape index (κ1) is 11.0. The Morgan fingerprint density at radius 2 is 1.75 bits per heavy atom. The number of methoxy groups -OCH3 is 2. The second-order valence-corrected chi connectivity index (χ2v) is 5.30. The molecule has 3 aliphatic carbocycles. The van der Waals surface area contributed by atoms with Crippen molar-refractivity contribution in [2.24, 2.45) is 23.7 Å². The Morgan fingerprint density at radius 3 is 2.38 bits per heavy atom. The third-order valence-electron chi connectivity index (χ3n) is 4.75. The molecule has 4 rings (SSSR count). The van der Waals surface area contributed by atoms with Gasteiger partial charge in [-0.25, -0.2) is 0 Å². The number of hydrogen-bond acceptors (Lipinski definition) is 4. The van der Waals surface area contributed by atoms with Gasteiger partial charge in [-0.15, -0.1) is 0 Å². The first-order valence-electron chi connectivity index (χ1n) is 6.15. The Bertz CT molecular complexity index is 270. The molecule has 1 aliphatic heterocycles. The third kappa shape index (κ3) is 1.37. The van der Waals surface area contributed by atoms with E-state index in [1.165, 1.54) is 6.42 Å². The van der Waals surface area contributed by atoms with Crippen LogP contribution in [0.4, 0.5) is 0 Å². The van der Waals surface area contributed by atoms with E-state index in [2.05, 4.69) is 0 Å². The standard InChI is InChI=1S/C12H20O4/c1-14-11-9-6-3-4-7(8(13)5-6)10(9)12(15-2)16-11/h6-13H,3-5H2,1-2H3/t6-,7-,8+,9+,10+,11-,12-/m1/s1. The Kier molecular flexibility index (Phi) is 2.70. The average molecular weight is 228 g/mol. The average Bonchev–Trinajstić information content (AvgIpc) is 2.69. The van der Waals surface area contributed by atoms with E-state index in [1.54, 1.807) is 14.2 Å². The summed E-state index contributed by atoms with van der Waals surface area (Å²) >= 11 is 0. The van der Waals surface area contributed by atoms with Crippen molar-refractivity contribution in [3.05, 3.63) is 0 Å². The fourth-order valence-electron chi connectivity index (χ4n) is 4.13. The Morgan fingerprint density at radius 1 is 1.06 bits per heavy atom. The number of fused-ring (bicyclic) bond motifs is 2. The molecule has 4 heteroatoms. The maximum absolute atomic E-state index is 10.1. The minimum atomic E-state index is -0.197. The van der Waals surface area contributed by atoms with Crippen molar-refractivity contribution in [2.45, 2.75) is 37.9 Å². The van der Waals surface area contributed by atoms with Gasteiger partial charge in [0.05, 0.1) is 6.10 Å². The highest BCUT2D eigenvalue weighted by atomic mass is 16.8. The maximum atomic E-state index is 10.1. The van der Waals surface area contributed by atoms with Crippen LogP contribution in [0.15, 0.2) is 0 Å². The molecule has 0 spiro atoms. The minimum absolute atomic E-state index is 0.143. The van der Waals surface area contributed by atoms with Crippen LogP contribution in [0.3, 0.4) is 0 Å². The summed E-state index contributed by atoms with van der Waals surface area (Å²) in [4.78, 5) is 0. The summed E-state index contributed by atoms with van der Waals surface area (Å²) in [6, 6.07) is 0. The molecule has 0 radical (unpaired) electrons. The van der Waals surface area contributed by atoms with Crippen molar-refractivity contribution >= 4 is 0 Å². The minimum Gasteiger partial charge on any atom is -0.393 e.